The smallest absolute Gasteiger partial charge is 0.140 e. The van der Waals surface area contributed by atoms with Crippen molar-refractivity contribution in [2.75, 3.05) is 0 Å². The zero-order chi connectivity index (χ0) is 7.90. The molecule has 1 fully saturated rings. The van der Waals surface area contributed by atoms with Crippen LogP contribution in [-0.4, -0.2) is 5.78 Å². The summed E-state index contributed by atoms with van der Waals surface area (Å²) in [5, 5.41) is 0. The number of allylic oxidation sites excluding steroid dienone is 2. The molecule has 0 aromatic rings. The van der Waals surface area contributed by atoms with E-state index in [-0.39, 0.29) is 5.92 Å². The average molecular weight is 150 g/mol. The maximum absolute atomic E-state index is 11.4. The van der Waals surface area contributed by atoms with Crippen molar-refractivity contribution in [1.82, 2.24) is 0 Å². The molecule has 0 aromatic carbocycles. The van der Waals surface area contributed by atoms with Crippen LogP contribution in [0.4, 0.5) is 0 Å². The first-order chi connectivity index (χ1) is 5.22. The Labute approximate surface area is 67.5 Å². The van der Waals surface area contributed by atoms with Gasteiger partial charge in [-0.2, -0.15) is 0 Å². The molecule has 0 spiro atoms. The van der Waals surface area contributed by atoms with Crippen molar-refractivity contribution in [3.63, 3.8) is 0 Å². The second-order valence-corrected chi connectivity index (χ2v) is 4.08. The van der Waals surface area contributed by atoms with Gasteiger partial charge in [0.05, 0.1) is 0 Å². The quantitative estimate of drug-likeness (QED) is 0.484. The summed E-state index contributed by atoms with van der Waals surface area (Å²) in [6, 6.07) is 0. The van der Waals surface area contributed by atoms with Crippen LogP contribution in [0.15, 0.2) is 12.2 Å². The molecule has 0 aliphatic heterocycles. The standard InChI is InChI=1S/C10H14O/c1-10-6-2-4-8(10)9(11)5-3-7-10/h2,4,8H,3,5-7H2,1H3/t8-,10+/m0/s1. The van der Waals surface area contributed by atoms with Gasteiger partial charge in [0.2, 0.25) is 0 Å². The minimum Gasteiger partial charge on any atom is -0.299 e. The number of hydrogen-bond acceptors (Lipinski definition) is 1. The molecular formula is C10H14O. The molecule has 1 saturated carbocycles. The fourth-order valence-electron chi connectivity index (χ4n) is 2.41. The monoisotopic (exact) mass is 150 g/mol. The van der Waals surface area contributed by atoms with Gasteiger partial charge in [0, 0.05) is 12.3 Å². The van der Waals surface area contributed by atoms with Crippen LogP contribution in [0.3, 0.4) is 0 Å². The molecule has 0 radical (unpaired) electrons. The van der Waals surface area contributed by atoms with Gasteiger partial charge in [0.15, 0.2) is 0 Å². The first kappa shape index (κ1) is 7.08. The van der Waals surface area contributed by atoms with Crippen LogP contribution in [-0.2, 0) is 4.79 Å². The summed E-state index contributed by atoms with van der Waals surface area (Å²) in [7, 11) is 0. The van der Waals surface area contributed by atoms with Crippen molar-refractivity contribution in [2.45, 2.75) is 32.6 Å². The molecule has 0 N–H and O–H groups in total. The lowest BCUT2D eigenvalue weighted by Crippen LogP contribution is -2.32. The Bertz CT molecular complexity index is 217. The van der Waals surface area contributed by atoms with Crippen LogP contribution in [0.1, 0.15) is 32.6 Å². The fraction of sp³-hybridized carbons (Fsp3) is 0.700. The van der Waals surface area contributed by atoms with Gasteiger partial charge in [0.1, 0.15) is 5.78 Å². The molecule has 2 aliphatic carbocycles. The van der Waals surface area contributed by atoms with Gasteiger partial charge in [-0.15, -0.1) is 0 Å². The molecule has 0 saturated heterocycles. The minimum atomic E-state index is 0.260. The molecule has 1 nitrogen and oxygen atoms in total. The van der Waals surface area contributed by atoms with E-state index in [4.69, 9.17) is 0 Å². The van der Waals surface area contributed by atoms with Gasteiger partial charge in [-0.05, 0) is 24.7 Å². The fourth-order valence-corrected chi connectivity index (χ4v) is 2.41. The van der Waals surface area contributed by atoms with Crippen LogP contribution in [0, 0.1) is 11.3 Å². The Morgan fingerprint density at radius 2 is 2.45 bits per heavy atom. The normalized spacial score (nSPS) is 42.6. The van der Waals surface area contributed by atoms with E-state index >= 15 is 0 Å². The zero-order valence-electron chi connectivity index (χ0n) is 6.97. The largest absolute Gasteiger partial charge is 0.299 e. The van der Waals surface area contributed by atoms with Crippen molar-refractivity contribution in [2.24, 2.45) is 11.3 Å². The van der Waals surface area contributed by atoms with Crippen molar-refractivity contribution < 1.29 is 4.79 Å². The summed E-state index contributed by atoms with van der Waals surface area (Å²) in [4.78, 5) is 11.4. The topological polar surface area (TPSA) is 17.1 Å². The molecule has 2 atom stereocenters. The van der Waals surface area contributed by atoms with Gasteiger partial charge in [-0.1, -0.05) is 19.1 Å². The highest BCUT2D eigenvalue weighted by Crippen LogP contribution is 2.46. The first-order valence-corrected chi connectivity index (χ1v) is 4.42. The molecule has 1 heteroatoms. The maximum Gasteiger partial charge on any atom is 0.140 e. The summed E-state index contributed by atoms with van der Waals surface area (Å²) in [6.45, 7) is 2.24. The van der Waals surface area contributed by atoms with E-state index in [1.54, 1.807) is 0 Å². The molecule has 0 aromatic heterocycles. The predicted octanol–water partition coefficient (Wildman–Crippen LogP) is 2.32. The molecule has 2 aliphatic rings. The molecule has 0 bridgehead atoms. The Hall–Kier alpha value is -0.590. The first-order valence-electron chi connectivity index (χ1n) is 4.42. The number of rotatable bonds is 0. The van der Waals surface area contributed by atoms with E-state index < -0.39 is 0 Å². The van der Waals surface area contributed by atoms with Crippen LogP contribution < -0.4 is 0 Å². The summed E-state index contributed by atoms with van der Waals surface area (Å²) in [5.41, 5.74) is 0.301. The van der Waals surface area contributed by atoms with Crippen LogP contribution in [0.5, 0.6) is 0 Å². The predicted molar refractivity (Wildman–Crippen MR) is 44.2 cm³/mol. The summed E-state index contributed by atoms with van der Waals surface area (Å²) >= 11 is 0. The third-order valence-corrected chi connectivity index (χ3v) is 3.18. The van der Waals surface area contributed by atoms with E-state index in [0.717, 1.165) is 19.3 Å². The molecule has 0 amide bonds. The highest BCUT2D eigenvalue weighted by atomic mass is 16.1. The number of fused-ring (bicyclic) bond motifs is 1. The third-order valence-electron chi connectivity index (χ3n) is 3.18. The summed E-state index contributed by atoms with van der Waals surface area (Å²) < 4.78 is 0. The Morgan fingerprint density at radius 3 is 3.18 bits per heavy atom. The number of carbonyl (C=O) groups is 1. The zero-order valence-corrected chi connectivity index (χ0v) is 6.97. The van der Waals surface area contributed by atoms with E-state index in [0.29, 0.717) is 11.2 Å². The van der Waals surface area contributed by atoms with E-state index in [1.165, 1.54) is 6.42 Å². The molecule has 0 unspecified atom stereocenters. The lowest BCUT2D eigenvalue weighted by atomic mass is 9.69. The lowest BCUT2D eigenvalue weighted by Gasteiger charge is -2.34. The second-order valence-electron chi connectivity index (χ2n) is 4.08. The number of Topliss-reactive ketones (excluding diaryl/α,β-unsaturated/α-hetero) is 1. The van der Waals surface area contributed by atoms with Crippen molar-refractivity contribution >= 4 is 5.78 Å². The Kier molecular flexibility index (Phi) is 1.41. The highest BCUT2D eigenvalue weighted by molar-refractivity contribution is 5.84. The highest BCUT2D eigenvalue weighted by Gasteiger charge is 2.41. The van der Waals surface area contributed by atoms with Crippen molar-refractivity contribution in [1.29, 1.82) is 0 Å². The summed E-state index contributed by atoms with van der Waals surface area (Å²) in [5.74, 6) is 0.726. The van der Waals surface area contributed by atoms with Crippen molar-refractivity contribution in [3.05, 3.63) is 12.2 Å². The SMILES string of the molecule is C[C@]12CC=C[C@H]1C(=O)CCC2. The molecular weight excluding hydrogens is 136 g/mol. The van der Waals surface area contributed by atoms with Gasteiger partial charge in [-0.25, -0.2) is 0 Å². The molecule has 11 heavy (non-hydrogen) atoms. The molecule has 60 valence electrons. The average Bonchev–Trinajstić information content (AvgIpc) is 2.31. The van der Waals surface area contributed by atoms with Gasteiger partial charge in [-0.3, -0.25) is 4.79 Å². The van der Waals surface area contributed by atoms with Crippen LogP contribution in [0.2, 0.25) is 0 Å². The van der Waals surface area contributed by atoms with E-state index in [1.807, 2.05) is 0 Å². The van der Waals surface area contributed by atoms with Gasteiger partial charge in [0.25, 0.3) is 0 Å². The van der Waals surface area contributed by atoms with Crippen LogP contribution in [0.25, 0.3) is 0 Å². The lowest BCUT2D eigenvalue weighted by molar-refractivity contribution is -0.126. The Balaban J connectivity index is 2.27. The molecule has 2 rings (SSSR count). The number of ketones is 1. The van der Waals surface area contributed by atoms with Crippen molar-refractivity contribution in [3.8, 4) is 0 Å². The van der Waals surface area contributed by atoms with Gasteiger partial charge >= 0.3 is 0 Å². The van der Waals surface area contributed by atoms with Gasteiger partial charge < -0.3 is 0 Å². The Morgan fingerprint density at radius 1 is 1.64 bits per heavy atom. The van der Waals surface area contributed by atoms with E-state index in [9.17, 15) is 4.79 Å². The molecule has 0 heterocycles. The van der Waals surface area contributed by atoms with E-state index in [2.05, 4.69) is 19.1 Å². The summed E-state index contributed by atoms with van der Waals surface area (Å²) in [6.07, 6.45) is 8.55. The number of hydrogen-bond donors (Lipinski definition) is 0. The maximum atomic E-state index is 11.4. The number of carbonyl (C=O) groups excluding carboxylic acids is 1. The second kappa shape index (κ2) is 2.20. The third kappa shape index (κ3) is 0.943. The van der Waals surface area contributed by atoms with Crippen LogP contribution >= 0.6 is 0 Å². The minimum absolute atomic E-state index is 0.260.